The average Bonchev–Trinajstić information content (AvgIpc) is 3.51. The van der Waals surface area contributed by atoms with Crippen LogP contribution in [0, 0.1) is 0 Å². The van der Waals surface area contributed by atoms with E-state index in [9.17, 15) is 4.79 Å². The van der Waals surface area contributed by atoms with Crippen LogP contribution < -0.4 is 14.8 Å². The lowest BCUT2D eigenvalue weighted by Crippen LogP contribution is -2.33. The van der Waals surface area contributed by atoms with Crippen molar-refractivity contribution in [3.05, 3.63) is 65.7 Å². The minimum atomic E-state index is -0.578. The molecule has 0 saturated carbocycles. The highest BCUT2D eigenvalue weighted by atomic mass is 16.7. The molecule has 2 aliphatic rings. The van der Waals surface area contributed by atoms with Gasteiger partial charge in [0.15, 0.2) is 17.3 Å². The molecule has 3 N–H and O–H groups in total. The maximum Gasteiger partial charge on any atom is 0.286 e. The third-order valence-corrected chi connectivity index (χ3v) is 5.82. The monoisotopic (exact) mass is 465 g/mol. The second-order valence-corrected chi connectivity index (χ2v) is 8.22. The van der Waals surface area contributed by atoms with Crippen LogP contribution in [0.1, 0.15) is 36.6 Å². The molecule has 9 nitrogen and oxygen atoms in total. The van der Waals surface area contributed by atoms with Crippen molar-refractivity contribution in [2.75, 3.05) is 20.0 Å². The molecule has 34 heavy (non-hydrogen) atoms. The Bertz CT molecular complexity index is 1160. The Morgan fingerprint density at radius 2 is 2.06 bits per heavy atom. The third-order valence-electron chi connectivity index (χ3n) is 5.82. The fraction of sp³-hybridized carbons (Fsp3) is 0.360. The summed E-state index contributed by atoms with van der Waals surface area (Å²) in [5.41, 5.74) is 2.75. The van der Waals surface area contributed by atoms with E-state index in [2.05, 4.69) is 15.3 Å². The number of imidazole rings is 1. The molecule has 0 saturated heterocycles. The molecule has 5 rings (SSSR count). The first kappa shape index (κ1) is 22.2. The number of allylic oxidation sites excluding steroid dienone is 1. The number of hydrogen-bond acceptors (Lipinski definition) is 7. The molecule has 0 unspecified atom stereocenters. The molecule has 0 fully saturated rings. The molecule has 178 valence electrons. The Hall–Kier alpha value is -3.56. The van der Waals surface area contributed by atoms with Crippen molar-refractivity contribution in [2.24, 2.45) is 0 Å². The van der Waals surface area contributed by atoms with Gasteiger partial charge in [0.05, 0.1) is 24.2 Å². The van der Waals surface area contributed by atoms with Crippen molar-refractivity contribution in [1.29, 1.82) is 0 Å². The quantitative estimate of drug-likeness (QED) is 0.416. The molecule has 3 aromatic rings. The number of carbonyl (C=O) groups is 1. The molecule has 0 radical (unpaired) electrons. The van der Waals surface area contributed by atoms with Crippen LogP contribution in [0.3, 0.4) is 0 Å². The summed E-state index contributed by atoms with van der Waals surface area (Å²) < 4.78 is 22.7. The number of amides is 1. The van der Waals surface area contributed by atoms with Gasteiger partial charge < -0.3 is 34.4 Å². The van der Waals surface area contributed by atoms with Crippen LogP contribution in [0.2, 0.25) is 0 Å². The summed E-state index contributed by atoms with van der Waals surface area (Å²) in [6, 6.07) is 13.5. The number of nitrogens with one attached hydrogen (secondary N) is 2. The molecule has 0 spiro atoms. The Morgan fingerprint density at radius 1 is 1.18 bits per heavy atom. The van der Waals surface area contributed by atoms with Crippen molar-refractivity contribution in [3.8, 4) is 11.5 Å². The van der Waals surface area contributed by atoms with Crippen LogP contribution in [0.25, 0.3) is 11.0 Å². The van der Waals surface area contributed by atoms with Crippen LogP contribution in [0.15, 0.2) is 54.3 Å². The number of aromatic nitrogens is 2. The zero-order chi connectivity index (χ0) is 23.3. The van der Waals surface area contributed by atoms with E-state index in [1.165, 1.54) is 0 Å². The zero-order valence-corrected chi connectivity index (χ0v) is 18.7. The Kier molecular flexibility index (Phi) is 6.64. The molecule has 2 atom stereocenters. The van der Waals surface area contributed by atoms with E-state index in [0.29, 0.717) is 43.2 Å². The number of aromatic amines is 1. The number of carbonyl (C=O) groups excluding carboxylic acids is 1. The number of unbranched alkanes of at least 4 members (excludes halogenated alkanes) is 1. The van der Waals surface area contributed by atoms with E-state index in [4.69, 9.17) is 24.1 Å². The molecule has 2 aromatic carbocycles. The molecule has 9 heteroatoms. The summed E-state index contributed by atoms with van der Waals surface area (Å²) in [7, 11) is 0. The summed E-state index contributed by atoms with van der Waals surface area (Å²) in [5, 5.41) is 11.9. The lowest BCUT2D eigenvalue weighted by atomic mass is 9.92. The number of nitrogens with zero attached hydrogens (tertiary/aromatic N) is 1. The number of para-hydroxylation sites is 2. The van der Waals surface area contributed by atoms with Gasteiger partial charge in [-0.1, -0.05) is 18.2 Å². The summed E-state index contributed by atoms with van der Waals surface area (Å²) in [5.74, 6) is 1.83. The molecule has 0 bridgehead atoms. The van der Waals surface area contributed by atoms with E-state index in [0.717, 1.165) is 16.6 Å². The van der Waals surface area contributed by atoms with Crippen molar-refractivity contribution in [3.63, 3.8) is 0 Å². The number of fused-ring (bicyclic) bond motifs is 2. The minimum Gasteiger partial charge on any atom is -0.459 e. The van der Waals surface area contributed by atoms with Gasteiger partial charge in [-0.2, -0.15) is 0 Å². The number of benzene rings is 2. The van der Waals surface area contributed by atoms with Gasteiger partial charge in [-0.05, 0) is 48.7 Å². The average molecular weight is 466 g/mol. The Labute approximate surface area is 196 Å². The van der Waals surface area contributed by atoms with Gasteiger partial charge in [0, 0.05) is 18.9 Å². The molecule has 3 heterocycles. The van der Waals surface area contributed by atoms with E-state index < -0.39 is 6.29 Å². The van der Waals surface area contributed by atoms with Crippen molar-refractivity contribution in [1.82, 2.24) is 15.3 Å². The second kappa shape index (κ2) is 10.1. The van der Waals surface area contributed by atoms with E-state index in [-0.39, 0.29) is 37.5 Å². The molecule has 1 amide bonds. The molecular formula is C25H27N3O6. The smallest absolute Gasteiger partial charge is 0.286 e. The molecular weight excluding hydrogens is 438 g/mol. The topological polar surface area (TPSA) is 115 Å². The maximum atomic E-state index is 13.0. The van der Waals surface area contributed by atoms with Gasteiger partial charge in [-0.15, -0.1) is 0 Å². The fourth-order valence-corrected chi connectivity index (χ4v) is 4.06. The second-order valence-electron chi connectivity index (χ2n) is 8.22. The number of aliphatic hydroxyl groups is 1. The van der Waals surface area contributed by atoms with Gasteiger partial charge >= 0.3 is 0 Å². The van der Waals surface area contributed by atoms with E-state index in [1.807, 2.05) is 48.5 Å². The standard InChI is InChI=1S/C25H27N3O6/c29-9-3-4-10-31-24-13-17(16-7-8-20-21(11-16)33-15-32-20)12-22(34-24)25(30)26-14-23-27-18-5-1-2-6-19(18)28-23/h1-2,5-8,11-12,17,24,29H,3-4,9-10,13-15H2,(H,26,30)(H,27,28)/t17-,24+/m1/s1. The predicted octanol–water partition coefficient (Wildman–Crippen LogP) is 3.11. The maximum absolute atomic E-state index is 13.0. The summed E-state index contributed by atoms with van der Waals surface area (Å²) in [6.45, 7) is 0.996. The van der Waals surface area contributed by atoms with Gasteiger partial charge in [-0.25, -0.2) is 4.98 Å². The number of rotatable bonds is 9. The highest BCUT2D eigenvalue weighted by molar-refractivity contribution is 5.91. The van der Waals surface area contributed by atoms with Crippen molar-refractivity contribution >= 4 is 16.9 Å². The first-order valence-corrected chi connectivity index (χ1v) is 11.4. The SMILES string of the molecule is O=C(NCc1nc2ccccc2[nH]1)C1=C[C@@H](c2ccc3c(c2)OCO3)C[C@@H](OCCCCO)O1. The summed E-state index contributed by atoms with van der Waals surface area (Å²) in [4.78, 5) is 20.7. The first-order valence-electron chi connectivity index (χ1n) is 11.4. The molecule has 1 aromatic heterocycles. The number of aliphatic hydroxyl groups excluding tert-OH is 1. The Morgan fingerprint density at radius 3 is 2.94 bits per heavy atom. The number of ether oxygens (including phenoxy) is 4. The lowest BCUT2D eigenvalue weighted by molar-refractivity contribution is -0.146. The summed E-state index contributed by atoms with van der Waals surface area (Å²) in [6.07, 6.45) is 3.16. The van der Waals surface area contributed by atoms with Crippen LogP contribution in [-0.2, 0) is 20.8 Å². The normalized spacial score (nSPS) is 19.0. The van der Waals surface area contributed by atoms with Crippen molar-refractivity contribution < 1.29 is 28.8 Å². The largest absolute Gasteiger partial charge is 0.459 e. The highest BCUT2D eigenvalue weighted by Crippen LogP contribution is 2.38. The van der Waals surface area contributed by atoms with Crippen molar-refractivity contribution in [2.45, 2.75) is 38.0 Å². The van der Waals surface area contributed by atoms with Crippen LogP contribution in [0.4, 0.5) is 0 Å². The predicted molar refractivity (Wildman–Crippen MR) is 123 cm³/mol. The Balaban J connectivity index is 1.30. The zero-order valence-electron chi connectivity index (χ0n) is 18.7. The molecule has 2 aliphatic heterocycles. The van der Waals surface area contributed by atoms with Gasteiger partial charge in [0.1, 0.15) is 5.82 Å². The van der Waals surface area contributed by atoms with Gasteiger partial charge in [0.25, 0.3) is 5.91 Å². The fourth-order valence-electron chi connectivity index (χ4n) is 4.06. The van der Waals surface area contributed by atoms with Gasteiger partial charge in [0.2, 0.25) is 13.1 Å². The summed E-state index contributed by atoms with van der Waals surface area (Å²) >= 11 is 0. The molecule has 0 aliphatic carbocycles. The van der Waals surface area contributed by atoms with E-state index >= 15 is 0 Å². The highest BCUT2D eigenvalue weighted by Gasteiger charge is 2.29. The number of H-pyrrole nitrogens is 1. The van der Waals surface area contributed by atoms with Crippen LogP contribution in [0.5, 0.6) is 11.5 Å². The van der Waals surface area contributed by atoms with Crippen LogP contribution in [-0.4, -0.2) is 47.3 Å². The minimum absolute atomic E-state index is 0.0990. The van der Waals surface area contributed by atoms with Gasteiger partial charge in [-0.3, -0.25) is 4.79 Å². The first-order chi connectivity index (χ1) is 16.7. The van der Waals surface area contributed by atoms with Crippen LogP contribution >= 0.6 is 0 Å². The van der Waals surface area contributed by atoms with E-state index in [1.54, 1.807) is 0 Å². The third kappa shape index (κ3) is 5.00. The number of hydrogen-bond donors (Lipinski definition) is 3. The lowest BCUT2D eigenvalue weighted by Gasteiger charge is -2.29.